The van der Waals surface area contributed by atoms with Crippen LogP contribution in [0.2, 0.25) is 0 Å². The molecule has 2 heterocycles. The van der Waals surface area contributed by atoms with Crippen LogP contribution in [0, 0.1) is 0 Å². The fourth-order valence-electron chi connectivity index (χ4n) is 2.23. The van der Waals surface area contributed by atoms with Gasteiger partial charge in [0.2, 0.25) is 0 Å². The molecule has 3 rings (SSSR count). The van der Waals surface area contributed by atoms with Gasteiger partial charge >= 0.3 is 0 Å². The Balaban J connectivity index is 1.91. The molecule has 92 valence electrons. The Morgan fingerprint density at radius 2 is 2.41 bits per heavy atom. The second-order valence-corrected chi connectivity index (χ2v) is 4.64. The van der Waals surface area contributed by atoms with E-state index in [4.69, 9.17) is 4.74 Å². The van der Waals surface area contributed by atoms with E-state index in [1.807, 2.05) is 11.6 Å². The molecule has 0 aromatic carbocycles. The quantitative estimate of drug-likeness (QED) is 0.845. The number of hydrogen-bond acceptors (Lipinski definition) is 3. The van der Waals surface area contributed by atoms with Gasteiger partial charge < -0.3 is 10.1 Å². The lowest BCUT2D eigenvalue weighted by molar-refractivity contribution is 0.0922. The first-order valence-corrected chi connectivity index (χ1v) is 6.26. The Morgan fingerprint density at radius 3 is 3.12 bits per heavy atom. The average Bonchev–Trinajstić information content (AvgIpc) is 3.08. The minimum atomic E-state index is -0.0403. The van der Waals surface area contributed by atoms with E-state index in [0.29, 0.717) is 18.3 Å². The molecule has 0 spiro atoms. The lowest BCUT2D eigenvalue weighted by Gasteiger charge is -2.14. The molecule has 0 unspecified atom stereocenters. The van der Waals surface area contributed by atoms with Gasteiger partial charge in [-0.05, 0) is 19.8 Å². The predicted molar refractivity (Wildman–Crippen MR) is 61.7 cm³/mol. The third kappa shape index (κ3) is 1.95. The Labute approximate surface area is 100 Å². The van der Waals surface area contributed by atoms with Gasteiger partial charge in [0.15, 0.2) is 5.69 Å². The van der Waals surface area contributed by atoms with E-state index in [9.17, 15) is 4.79 Å². The molecule has 5 nitrogen and oxygen atoms in total. The summed E-state index contributed by atoms with van der Waals surface area (Å²) in [7, 11) is 0. The van der Waals surface area contributed by atoms with Gasteiger partial charge in [0.25, 0.3) is 5.91 Å². The van der Waals surface area contributed by atoms with Crippen LogP contribution in [0.4, 0.5) is 0 Å². The zero-order valence-corrected chi connectivity index (χ0v) is 10.0. The smallest absolute Gasteiger partial charge is 0.272 e. The Hall–Kier alpha value is -1.36. The summed E-state index contributed by atoms with van der Waals surface area (Å²) in [5, 5.41) is 7.40. The standard InChI is InChI=1S/C12H17N3O2/c1-2-15-10-5-6-17-7-9(10)11(14-15)12(16)13-8-3-4-8/h8H,2-7H2,1H3,(H,13,16). The Morgan fingerprint density at radius 1 is 1.59 bits per heavy atom. The van der Waals surface area contributed by atoms with Crippen molar-refractivity contribution in [1.29, 1.82) is 0 Å². The largest absolute Gasteiger partial charge is 0.376 e. The van der Waals surface area contributed by atoms with Crippen LogP contribution in [-0.2, 0) is 24.3 Å². The van der Waals surface area contributed by atoms with Crippen LogP contribution in [-0.4, -0.2) is 28.3 Å². The molecule has 1 saturated carbocycles. The van der Waals surface area contributed by atoms with Crippen molar-refractivity contribution in [3.63, 3.8) is 0 Å². The fourth-order valence-corrected chi connectivity index (χ4v) is 2.23. The van der Waals surface area contributed by atoms with E-state index in [1.54, 1.807) is 0 Å². The van der Waals surface area contributed by atoms with Crippen molar-refractivity contribution in [2.24, 2.45) is 0 Å². The van der Waals surface area contributed by atoms with Crippen LogP contribution in [0.15, 0.2) is 0 Å². The highest BCUT2D eigenvalue weighted by Gasteiger charge is 2.29. The van der Waals surface area contributed by atoms with Crippen LogP contribution >= 0.6 is 0 Å². The third-order valence-electron chi connectivity index (χ3n) is 3.32. The average molecular weight is 235 g/mol. The molecule has 0 saturated heterocycles. The molecule has 17 heavy (non-hydrogen) atoms. The topological polar surface area (TPSA) is 56.2 Å². The van der Waals surface area contributed by atoms with Crippen molar-refractivity contribution in [2.75, 3.05) is 6.61 Å². The van der Waals surface area contributed by atoms with Crippen molar-refractivity contribution < 1.29 is 9.53 Å². The van der Waals surface area contributed by atoms with E-state index in [1.165, 1.54) is 5.69 Å². The summed E-state index contributed by atoms with van der Waals surface area (Å²) in [5.41, 5.74) is 2.71. The molecule has 5 heteroatoms. The van der Waals surface area contributed by atoms with Crippen LogP contribution in [0.25, 0.3) is 0 Å². The highest BCUT2D eigenvalue weighted by molar-refractivity contribution is 5.94. The summed E-state index contributed by atoms with van der Waals surface area (Å²) >= 11 is 0. The highest BCUT2D eigenvalue weighted by atomic mass is 16.5. The van der Waals surface area contributed by atoms with Gasteiger partial charge in [-0.25, -0.2) is 0 Å². The zero-order valence-electron chi connectivity index (χ0n) is 10.0. The summed E-state index contributed by atoms with van der Waals surface area (Å²) in [6.07, 6.45) is 3.05. The first-order valence-electron chi connectivity index (χ1n) is 6.26. The molecule has 2 aliphatic rings. The van der Waals surface area contributed by atoms with Crippen molar-refractivity contribution >= 4 is 5.91 Å². The maximum Gasteiger partial charge on any atom is 0.272 e. The van der Waals surface area contributed by atoms with Gasteiger partial charge in [0.05, 0.1) is 13.2 Å². The first-order chi connectivity index (χ1) is 8.29. The van der Waals surface area contributed by atoms with Gasteiger partial charge in [-0.2, -0.15) is 5.10 Å². The van der Waals surface area contributed by atoms with Crippen molar-refractivity contribution in [3.05, 3.63) is 17.0 Å². The lowest BCUT2D eigenvalue weighted by atomic mass is 10.1. The number of nitrogens with one attached hydrogen (secondary N) is 1. The van der Waals surface area contributed by atoms with Gasteiger partial charge in [-0.1, -0.05) is 0 Å². The first kappa shape index (κ1) is 10.8. The second kappa shape index (κ2) is 4.14. The maximum absolute atomic E-state index is 12.1. The lowest BCUT2D eigenvalue weighted by Crippen LogP contribution is -2.27. The number of hydrogen-bond donors (Lipinski definition) is 1. The molecule has 0 bridgehead atoms. The van der Waals surface area contributed by atoms with E-state index < -0.39 is 0 Å². The number of ether oxygens (including phenoxy) is 1. The monoisotopic (exact) mass is 235 g/mol. The fraction of sp³-hybridized carbons (Fsp3) is 0.667. The van der Waals surface area contributed by atoms with Gasteiger partial charge in [0.1, 0.15) is 0 Å². The van der Waals surface area contributed by atoms with Crippen LogP contribution in [0.5, 0.6) is 0 Å². The number of rotatable bonds is 3. The van der Waals surface area contributed by atoms with Crippen molar-refractivity contribution in [2.45, 2.75) is 45.4 Å². The minimum absolute atomic E-state index is 0.0403. The number of nitrogens with zero attached hydrogens (tertiary/aromatic N) is 2. The van der Waals surface area contributed by atoms with Gasteiger partial charge in [-0.3, -0.25) is 9.48 Å². The number of aromatic nitrogens is 2. The van der Waals surface area contributed by atoms with E-state index >= 15 is 0 Å². The number of aryl methyl sites for hydroxylation is 1. The summed E-state index contributed by atoms with van der Waals surface area (Å²) in [6.45, 7) is 4.09. The summed E-state index contributed by atoms with van der Waals surface area (Å²) < 4.78 is 7.36. The normalized spacial score (nSPS) is 18.9. The Bertz CT molecular complexity index is 449. The number of carbonyl (C=O) groups is 1. The number of amides is 1. The molecule has 1 fully saturated rings. The van der Waals surface area contributed by atoms with Crippen LogP contribution < -0.4 is 5.32 Å². The van der Waals surface area contributed by atoms with E-state index in [2.05, 4.69) is 10.4 Å². The molecular weight excluding hydrogens is 218 g/mol. The van der Waals surface area contributed by atoms with Crippen LogP contribution in [0.3, 0.4) is 0 Å². The van der Waals surface area contributed by atoms with Gasteiger partial charge in [-0.15, -0.1) is 0 Å². The minimum Gasteiger partial charge on any atom is -0.376 e. The third-order valence-corrected chi connectivity index (χ3v) is 3.32. The van der Waals surface area contributed by atoms with E-state index in [0.717, 1.165) is 38.0 Å². The summed E-state index contributed by atoms with van der Waals surface area (Å²) in [5.74, 6) is -0.0403. The zero-order chi connectivity index (χ0) is 11.8. The summed E-state index contributed by atoms with van der Waals surface area (Å²) in [6, 6.07) is 0.370. The highest BCUT2D eigenvalue weighted by Crippen LogP contribution is 2.23. The van der Waals surface area contributed by atoms with Crippen molar-refractivity contribution in [1.82, 2.24) is 15.1 Å². The predicted octanol–water partition coefficient (Wildman–Crippen LogP) is 0.868. The molecule has 1 aromatic rings. The maximum atomic E-state index is 12.1. The van der Waals surface area contributed by atoms with Crippen LogP contribution in [0.1, 0.15) is 41.5 Å². The molecule has 1 aliphatic heterocycles. The molecule has 0 atom stereocenters. The molecule has 1 amide bonds. The molecule has 1 aromatic heterocycles. The number of carbonyl (C=O) groups excluding carboxylic acids is 1. The number of fused-ring (bicyclic) bond motifs is 1. The molecular formula is C12H17N3O2. The molecule has 1 N–H and O–H groups in total. The summed E-state index contributed by atoms with van der Waals surface area (Å²) in [4.78, 5) is 12.1. The van der Waals surface area contributed by atoms with E-state index in [-0.39, 0.29) is 5.91 Å². The molecule has 1 aliphatic carbocycles. The SMILES string of the molecule is CCn1nc(C(=O)NC2CC2)c2c1CCOC2. The second-order valence-electron chi connectivity index (χ2n) is 4.64. The Kier molecular flexibility index (Phi) is 2.63. The van der Waals surface area contributed by atoms with Crippen molar-refractivity contribution in [3.8, 4) is 0 Å². The molecule has 0 radical (unpaired) electrons. The van der Waals surface area contributed by atoms with Gasteiger partial charge in [0, 0.05) is 30.3 Å².